The Bertz CT molecular complexity index is 2570. The van der Waals surface area contributed by atoms with Crippen LogP contribution >= 0.6 is 0 Å². The second-order valence-electron chi connectivity index (χ2n) is 12.0. The van der Waals surface area contributed by atoms with Crippen molar-refractivity contribution in [2.45, 2.75) is 0 Å². The molecule has 0 N–H and O–H groups in total. The van der Waals surface area contributed by atoms with Gasteiger partial charge in [0.1, 0.15) is 5.52 Å². The van der Waals surface area contributed by atoms with Gasteiger partial charge in [-0.3, -0.25) is 0 Å². The van der Waals surface area contributed by atoms with E-state index in [1.54, 1.807) is 0 Å². The molecule has 9 aromatic rings. The molecule has 9 rings (SSSR count). The van der Waals surface area contributed by atoms with Crippen molar-refractivity contribution in [3.8, 4) is 33.7 Å². The van der Waals surface area contributed by atoms with Crippen LogP contribution in [0.5, 0.6) is 0 Å². The predicted octanol–water partition coefficient (Wildman–Crippen LogP) is 12.6. The minimum Gasteiger partial charge on any atom is -0.435 e. The van der Waals surface area contributed by atoms with E-state index in [0.29, 0.717) is 5.89 Å². The number of nitrogens with zero attached hydrogens (tertiary/aromatic N) is 2. The van der Waals surface area contributed by atoms with Crippen molar-refractivity contribution >= 4 is 49.7 Å². The van der Waals surface area contributed by atoms with Crippen LogP contribution in [-0.4, -0.2) is 4.98 Å². The number of hydrogen-bond acceptors (Lipinski definition) is 3. The van der Waals surface area contributed by atoms with Gasteiger partial charge in [0.25, 0.3) is 0 Å². The fraction of sp³-hybridized carbons (Fsp3) is 0. The van der Waals surface area contributed by atoms with Crippen molar-refractivity contribution in [3.05, 3.63) is 182 Å². The van der Waals surface area contributed by atoms with Gasteiger partial charge in [-0.1, -0.05) is 133 Å². The van der Waals surface area contributed by atoms with Crippen LogP contribution in [0.15, 0.2) is 186 Å². The highest BCUT2D eigenvalue weighted by atomic mass is 16.3. The van der Waals surface area contributed by atoms with Crippen molar-refractivity contribution in [1.82, 2.24) is 4.98 Å². The third kappa shape index (κ3) is 4.99. The van der Waals surface area contributed by atoms with Crippen molar-refractivity contribution in [2.75, 3.05) is 4.90 Å². The van der Waals surface area contributed by atoms with Crippen LogP contribution in [0.25, 0.3) is 66.4 Å². The molecule has 8 aromatic carbocycles. The van der Waals surface area contributed by atoms with Gasteiger partial charge in [0.2, 0.25) is 5.89 Å². The summed E-state index contributed by atoms with van der Waals surface area (Å²) in [5, 5.41) is 4.78. The summed E-state index contributed by atoms with van der Waals surface area (Å²) in [6.45, 7) is 0. The van der Waals surface area contributed by atoms with Gasteiger partial charge in [-0.15, -0.1) is 0 Å². The van der Waals surface area contributed by atoms with Gasteiger partial charge in [0, 0.05) is 28.1 Å². The third-order valence-electron chi connectivity index (χ3n) is 9.07. The highest BCUT2D eigenvalue weighted by Crippen LogP contribution is 2.42. The van der Waals surface area contributed by atoms with E-state index in [2.05, 4.69) is 181 Å². The number of hydrogen-bond donors (Lipinski definition) is 0. The number of aromatic nitrogens is 1. The summed E-state index contributed by atoms with van der Waals surface area (Å²) in [5.74, 6) is 0.625. The topological polar surface area (TPSA) is 29.3 Å². The van der Waals surface area contributed by atoms with Crippen LogP contribution in [0.1, 0.15) is 0 Å². The molecule has 226 valence electrons. The largest absolute Gasteiger partial charge is 0.435 e. The Hall–Kier alpha value is -6.45. The lowest BCUT2D eigenvalue weighted by atomic mass is 10.0. The molecule has 0 bridgehead atoms. The average molecular weight is 615 g/mol. The van der Waals surface area contributed by atoms with Crippen LogP contribution in [0.4, 0.5) is 17.1 Å². The first-order valence-electron chi connectivity index (χ1n) is 16.2. The van der Waals surface area contributed by atoms with Crippen molar-refractivity contribution in [2.24, 2.45) is 0 Å². The van der Waals surface area contributed by atoms with Crippen LogP contribution in [-0.2, 0) is 0 Å². The van der Waals surface area contributed by atoms with Crippen molar-refractivity contribution < 1.29 is 4.42 Å². The Morgan fingerprint density at radius 3 is 1.77 bits per heavy atom. The first-order valence-corrected chi connectivity index (χ1v) is 16.2. The Morgan fingerprint density at radius 2 is 0.979 bits per heavy atom. The van der Waals surface area contributed by atoms with Crippen molar-refractivity contribution in [3.63, 3.8) is 0 Å². The van der Waals surface area contributed by atoms with E-state index in [4.69, 9.17) is 9.40 Å². The predicted molar refractivity (Wildman–Crippen MR) is 200 cm³/mol. The Morgan fingerprint density at radius 1 is 0.396 bits per heavy atom. The molecule has 0 aliphatic carbocycles. The summed E-state index contributed by atoms with van der Waals surface area (Å²) in [5.41, 5.74) is 10.3. The van der Waals surface area contributed by atoms with E-state index < -0.39 is 0 Å². The molecule has 1 heterocycles. The number of oxazole rings is 1. The first-order chi connectivity index (χ1) is 23.8. The molecule has 0 amide bonds. The zero-order chi connectivity index (χ0) is 31.9. The lowest BCUT2D eigenvalue weighted by molar-refractivity contribution is 0.621. The van der Waals surface area contributed by atoms with E-state index in [-0.39, 0.29) is 0 Å². The summed E-state index contributed by atoms with van der Waals surface area (Å²) >= 11 is 0. The lowest BCUT2D eigenvalue weighted by Gasteiger charge is -2.28. The SMILES string of the molecule is c1ccc(-c2ccccc2N(c2ccc(-c3cccc4nc(-c5ccc6ccccc6c5)oc34)cc2)c2ccc3ccccc3c2)cc1. The normalized spacial score (nSPS) is 11.3. The van der Waals surface area contributed by atoms with E-state index >= 15 is 0 Å². The minimum atomic E-state index is 0.625. The molecule has 0 unspecified atom stereocenters. The monoisotopic (exact) mass is 614 g/mol. The summed E-state index contributed by atoms with van der Waals surface area (Å²) in [6.07, 6.45) is 0. The van der Waals surface area contributed by atoms with E-state index in [9.17, 15) is 0 Å². The molecule has 0 spiro atoms. The molecule has 0 fully saturated rings. The minimum absolute atomic E-state index is 0.625. The van der Waals surface area contributed by atoms with Gasteiger partial charge < -0.3 is 9.32 Å². The smallest absolute Gasteiger partial charge is 0.227 e. The standard InChI is InChI=1S/C45H30N2O/c1-2-13-33(14-3-1)40-17-8-9-20-43(40)47(39-28-23-32-12-5-7-16-36(32)30-39)38-26-24-34(25-27-38)41-18-10-19-42-44(41)48-45(46-42)37-22-21-31-11-4-6-15-35(31)29-37/h1-30H. The van der Waals surface area contributed by atoms with Crippen LogP contribution in [0, 0.1) is 0 Å². The molecule has 0 saturated heterocycles. The van der Waals surface area contributed by atoms with Crippen molar-refractivity contribution in [1.29, 1.82) is 0 Å². The number of fused-ring (bicyclic) bond motifs is 3. The van der Waals surface area contributed by atoms with Gasteiger partial charge >= 0.3 is 0 Å². The summed E-state index contributed by atoms with van der Waals surface area (Å²) < 4.78 is 6.49. The molecule has 0 aliphatic heterocycles. The second kappa shape index (κ2) is 11.7. The number of anilines is 3. The molecular formula is C45H30N2O. The zero-order valence-corrected chi connectivity index (χ0v) is 26.1. The van der Waals surface area contributed by atoms with E-state index in [1.165, 1.54) is 27.3 Å². The zero-order valence-electron chi connectivity index (χ0n) is 26.1. The third-order valence-corrected chi connectivity index (χ3v) is 9.07. The molecule has 48 heavy (non-hydrogen) atoms. The molecule has 3 heteroatoms. The molecule has 0 saturated carbocycles. The molecule has 0 aliphatic rings. The number of para-hydroxylation sites is 2. The summed E-state index contributed by atoms with van der Waals surface area (Å²) in [6, 6.07) is 64.1. The maximum absolute atomic E-state index is 6.49. The van der Waals surface area contributed by atoms with E-state index in [0.717, 1.165) is 50.2 Å². The number of rotatable bonds is 6. The Balaban J connectivity index is 1.15. The number of benzene rings is 8. The second-order valence-corrected chi connectivity index (χ2v) is 12.0. The maximum atomic E-state index is 6.49. The van der Waals surface area contributed by atoms with Crippen LogP contribution < -0.4 is 4.90 Å². The van der Waals surface area contributed by atoms with Gasteiger partial charge in [-0.2, -0.15) is 0 Å². The van der Waals surface area contributed by atoms with Gasteiger partial charge in [0.05, 0.1) is 5.69 Å². The lowest BCUT2D eigenvalue weighted by Crippen LogP contribution is -2.11. The summed E-state index contributed by atoms with van der Waals surface area (Å²) in [7, 11) is 0. The first kappa shape index (κ1) is 27.8. The molecule has 1 aromatic heterocycles. The Labute approximate surface area is 279 Å². The highest BCUT2D eigenvalue weighted by molar-refractivity contribution is 5.95. The summed E-state index contributed by atoms with van der Waals surface area (Å²) in [4.78, 5) is 7.24. The quantitative estimate of drug-likeness (QED) is 0.187. The molecule has 3 nitrogen and oxygen atoms in total. The molecule has 0 atom stereocenters. The van der Waals surface area contributed by atoms with Gasteiger partial charge in [-0.25, -0.2) is 4.98 Å². The van der Waals surface area contributed by atoms with Gasteiger partial charge in [0.15, 0.2) is 5.58 Å². The fourth-order valence-electron chi connectivity index (χ4n) is 6.69. The Kier molecular flexibility index (Phi) is 6.80. The van der Waals surface area contributed by atoms with Crippen LogP contribution in [0.3, 0.4) is 0 Å². The average Bonchev–Trinajstić information content (AvgIpc) is 3.61. The molecule has 0 radical (unpaired) electrons. The van der Waals surface area contributed by atoms with E-state index in [1.807, 2.05) is 6.07 Å². The van der Waals surface area contributed by atoms with Gasteiger partial charge in [-0.05, 0) is 81.2 Å². The fourth-order valence-corrected chi connectivity index (χ4v) is 6.69. The highest BCUT2D eigenvalue weighted by Gasteiger charge is 2.19. The molecular weight excluding hydrogens is 585 g/mol. The maximum Gasteiger partial charge on any atom is 0.227 e. The van der Waals surface area contributed by atoms with Crippen LogP contribution in [0.2, 0.25) is 0 Å².